The summed E-state index contributed by atoms with van der Waals surface area (Å²) < 4.78 is 13.2. The molecule has 0 radical (unpaired) electrons. The molecule has 0 aliphatic heterocycles. The Balaban J connectivity index is 1.88. The Bertz CT molecular complexity index is 1070. The van der Waals surface area contributed by atoms with Crippen LogP contribution in [0.1, 0.15) is 20.3 Å². The van der Waals surface area contributed by atoms with Gasteiger partial charge in [-0.25, -0.2) is 19.3 Å². The molecule has 0 atom stereocenters. The molecular weight excluding hydrogens is 365 g/mol. The predicted octanol–water partition coefficient (Wildman–Crippen LogP) is 5.23. The second-order valence-corrected chi connectivity index (χ2v) is 6.56. The van der Waals surface area contributed by atoms with Gasteiger partial charge in [-0.05, 0) is 48.8 Å². The summed E-state index contributed by atoms with van der Waals surface area (Å²) in [7, 11) is 1.78. The van der Waals surface area contributed by atoms with Crippen molar-refractivity contribution in [1.29, 1.82) is 0 Å². The molecular formula is C23H24FN5. The molecule has 2 aromatic heterocycles. The maximum absolute atomic E-state index is 13.2. The number of fused-ring (bicyclic) bond motifs is 1. The highest BCUT2D eigenvalue weighted by atomic mass is 19.1. The highest BCUT2D eigenvalue weighted by Crippen LogP contribution is 2.25. The Labute approximate surface area is 170 Å². The molecule has 0 unspecified atom stereocenters. The van der Waals surface area contributed by atoms with E-state index in [9.17, 15) is 4.39 Å². The Kier molecular flexibility index (Phi) is 6.79. The van der Waals surface area contributed by atoms with E-state index < -0.39 is 0 Å². The van der Waals surface area contributed by atoms with Crippen LogP contribution in [0, 0.1) is 5.82 Å². The standard InChI is InChI=1S/C23H24FN5/c1-4-5-17(7-6-16(2)25-3)13-26-22-21-12-19(14-27-23(21)29-15-28-22)18-8-10-20(24)11-9-18/h5-12,14-15H,4,13H2,1-3H3,(H,26,27,28,29)/b7-6-,17-5-,25-16?. The number of pyridine rings is 1. The number of allylic oxidation sites excluding steroid dienone is 2. The lowest BCUT2D eigenvalue weighted by Gasteiger charge is -2.10. The van der Waals surface area contributed by atoms with Crippen LogP contribution < -0.4 is 5.32 Å². The van der Waals surface area contributed by atoms with Gasteiger partial charge in [0.25, 0.3) is 0 Å². The number of aliphatic imine (C=N–C) groups is 1. The van der Waals surface area contributed by atoms with Gasteiger partial charge in [0.1, 0.15) is 18.0 Å². The first-order chi connectivity index (χ1) is 14.1. The maximum atomic E-state index is 13.2. The van der Waals surface area contributed by atoms with Gasteiger partial charge in [0, 0.05) is 31.1 Å². The second kappa shape index (κ2) is 9.68. The largest absolute Gasteiger partial charge is 0.365 e. The van der Waals surface area contributed by atoms with Gasteiger partial charge in [-0.15, -0.1) is 0 Å². The third-order valence-electron chi connectivity index (χ3n) is 4.48. The lowest BCUT2D eigenvalue weighted by atomic mass is 10.1. The number of nitrogens with zero attached hydrogens (tertiary/aromatic N) is 4. The molecule has 0 aliphatic carbocycles. The Morgan fingerprint density at radius 2 is 1.90 bits per heavy atom. The van der Waals surface area contributed by atoms with Crippen molar-refractivity contribution in [2.75, 3.05) is 18.9 Å². The van der Waals surface area contributed by atoms with E-state index in [0.29, 0.717) is 18.0 Å². The molecule has 6 heteroatoms. The summed E-state index contributed by atoms with van der Waals surface area (Å²) >= 11 is 0. The molecule has 0 bridgehead atoms. The normalized spacial score (nSPS) is 12.7. The minimum absolute atomic E-state index is 0.264. The predicted molar refractivity (Wildman–Crippen MR) is 118 cm³/mol. The number of anilines is 1. The van der Waals surface area contributed by atoms with E-state index in [4.69, 9.17) is 0 Å². The average Bonchev–Trinajstić information content (AvgIpc) is 2.75. The number of rotatable bonds is 7. The monoisotopic (exact) mass is 389 g/mol. The van der Waals surface area contributed by atoms with Crippen molar-refractivity contribution in [3.05, 3.63) is 72.5 Å². The van der Waals surface area contributed by atoms with Crippen molar-refractivity contribution >= 4 is 22.6 Å². The van der Waals surface area contributed by atoms with Gasteiger partial charge >= 0.3 is 0 Å². The van der Waals surface area contributed by atoms with Gasteiger partial charge in [0.2, 0.25) is 0 Å². The van der Waals surface area contributed by atoms with Crippen LogP contribution in [-0.4, -0.2) is 34.3 Å². The van der Waals surface area contributed by atoms with E-state index in [1.54, 1.807) is 25.4 Å². The van der Waals surface area contributed by atoms with Crippen molar-refractivity contribution in [3.8, 4) is 11.1 Å². The SMILES string of the molecule is CC/C=C(/C=C\C(C)=NC)CNc1ncnc2ncc(-c3ccc(F)cc3)cc12. The maximum Gasteiger partial charge on any atom is 0.164 e. The molecule has 29 heavy (non-hydrogen) atoms. The van der Waals surface area contributed by atoms with Crippen molar-refractivity contribution in [1.82, 2.24) is 15.0 Å². The zero-order valence-corrected chi connectivity index (χ0v) is 16.9. The fourth-order valence-electron chi connectivity index (χ4n) is 2.84. The first-order valence-corrected chi connectivity index (χ1v) is 9.51. The van der Waals surface area contributed by atoms with Crippen LogP contribution in [0.4, 0.5) is 10.2 Å². The van der Waals surface area contributed by atoms with E-state index in [1.807, 2.05) is 19.1 Å². The fraction of sp³-hybridized carbons (Fsp3) is 0.217. The second-order valence-electron chi connectivity index (χ2n) is 6.56. The number of hydrogen-bond donors (Lipinski definition) is 1. The molecule has 0 saturated heterocycles. The first kappa shape index (κ1) is 20.3. The van der Waals surface area contributed by atoms with Gasteiger partial charge in [0.05, 0.1) is 5.39 Å². The number of halogens is 1. The Hall–Kier alpha value is -3.41. The molecule has 0 amide bonds. The molecule has 3 rings (SSSR count). The topological polar surface area (TPSA) is 63.1 Å². The van der Waals surface area contributed by atoms with E-state index in [1.165, 1.54) is 18.5 Å². The Morgan fingerprint density at radius 3 is 2.62 bits per heavy atom. The minimum Gasteiger partial charge on any atom is -0.365 e. The summed E-state index contributed by atoms with van der Waals surface area (Å²) in [6, 6.07) is 8.33. The number of aromatic nitrogens is 3. The summed E-state index contributed by atoms with van der Waals surface area (Å²) in [5.74, 6) is 0.447. The van der Waals surface area contributed by atoms with Crippen LogP contribution in [0.25, 0.3) is 22.2 Å². The molecule has 0 spiro atoms. The van der Waals surface area contributed by atoms with Crippen molar-refractivity contribution in [2.45, 2.75) is 20.3 Å². The van der Waals surface area contributed by atoms with Crippen LogP contribution in [0.2, 0.25) is 0 Å². The highest BCUT2D eigenvalue weighted by Gasteiger charge is 2.08. The quantitative estimate of drug-likeness (QED) is 0.444. The van der Waals surface area contributed by atoms with Gasteiger partial charge < -0.3 is 5.32 Å². The fourth-order valence-corrected chi connectivity index (χ4v) is 2.84. The molecule has 5 nitrogen and oxygen atoms in total. The van der Waals surface area contributed by atoms with Gasteiger partial charge in [0.15, 0.2) is 5.65 Å². The molecule has 0 aliphatic rings. The molecule has 1 aromatic carbocycles. The first-order valence-electron chi connectivity index (χ1n) is 9.51. The molecule has 1 N–H and O–H groups in total. The summed E-state index contributed by atoms with van der Waals surface area (Å²) in [6.45, 7) is 4.69. The van der Waals surface area contributed by atoms with E-state index in [0.717, 1.165) is 34.2 Å². The van der Waals surface area contributed by atoms with E-state index in [2.05, 4.69) is 44.3 Å². The van der Waals surface area contributed by atoms with E-state index in [-0.39, 0.29) is 5.82 Å². The van der Waals surface area contributed by atoms with Crippen LogP contribution in [0.3, 0.4) is 0 Å². The third kappa shape index (κ3) is 5.31. The van der Waals surface area contributed by atoms with Gasteiger partial charge in [-0.1, -0.05) is 31.2 Å². The lowest BCUT2D eigenvalue weighted by Crippen LogP contribution is -2.07. The summed E-state index contributed by atoms with van der Waals surface area (Å²) in [6.07, 6.45) is 10.4. The van der Waals surface area contributed by atoms with E-state index >= 15 is 0 Å². The number of hydrogen-bond acceptors (Lipinski definition) is 5. The summed E-state index contributed by atoms with van der Waals surface area (Å²) in [5.41, 5.74) is 4.49. The third-order valence-corrected chi connectivity index (χ3v) is 4.48. The molecule has 0 saturated carbocycles. The highest BCUT2D eigenvalue weighted by molar-refractivity contribution is 5.93. The number of benzene rings is 1. The Morgan fingerprint density at radius 1 is 1.10 bits per heavy atom. The minimum atomic E-state index is -0.264. The van der Waals surface area contributed by atoms with Gasteiger partial charge in [-0.2, -0.15) is 0 Å². The van der Waals surface area contributed by atoms with Crippen LogP contribution >= 0.6 is 0 Å². The molecule has 148 valence electrons. The van der Waals surface area contributed by atoms with Crippen LogP contribution in [-0.2, 0) is 0 Å². The van der Waals surface area contributed by atoms with Crippen LogP contribution in [0.5, 0.6) is 0 Å². The molecule has 3 aromatic rings. The smallest absolute Gasteiger partial charge is 0.164 e. The van der Waals surface area contributed by atoms with Crippen LogP contribution in [0.15, 0.2) is 71.6 Å². The van der Waals surface area contributed by atoms with Crippen molar-refractivity contribution in [3.63, 3.8) is 0 Å². The molecule has 0 fully saturated rings. The average molecular weight is 389 g/mol. The lowest BCUT2D eigenvalue weighted by molar-refractivity contribution is 0.628. The number of nitrogens with one attached hydrogen (secondary N) is 1. The molecule has 2 heterocycles. The van der Waals surface area contributed by atoms with Crippen molar-refractivity contribution < 1.29 is 4.39 Å². The van der Waals surface area contributed by atoms with Gasteiger partial charge in [-0.3, -0.25) is 4.99 Å². The zero-order valence-electron chi connectivity index (χ0n) is 16.9. The summed E-state index contributed by atoms with van der Waals surface area (Å²) in [5, 5.41) is 4.21. The van der Waals surface area contributed by atoms with Crippen molar-refractivity contribution in [2.24, 2.45) is 4.99 Å². The summed E-state index contributed by atoms with van der Waals surface area (Å²) in [4.78, 5) is 17.3. The zero-order chi connectivity index (χ0) is 20.6.